The average Bonchev–Trinajstić information content (AvgIpc) is 2.89. The third kappa shape index (κ3) is 4.36. The van der Waals surface area contributed by atoms with Crippen molar-refractivity contribution < 1.29 is 13.2 Å². The summed E-state index contributed by atoms with van der Waals surface area (Å²) < 4.78 is 32.8. The summed E-state index contributed by atoms with van der Waals surface area (Å²) in [6.45, 7) is 4.01. The van der Waals surface area contributed by atoms with Gasteiger partial charge in [-0.05, 0) is 35.9 Å². The molecule has 0 saturated carbocycles. The molecule has 1 aliphatic rings. The SMILES string of the molecule is COc1ccc2ncc(S(=O)(=O)c3ccccc3)c(N3CCN(Cc4ccccc4)CC3)c2c1. The summed E-state index contributed by atoms with van der Waals surface area (Å²) in [4.78, 5) is 9.59. The second-order valence-corrected chi connectivity index (χ2v) is 10.3. The summed E-state index contributed by atoms with van der Waals surface area (Å²) in [6, 6.07) is 24.6. The highest BCUT2D eigenvalue weighted by molar-refractivity contribution is 7.91. The molecule has 0 bridgehead atoms. The van der Waals surface area contributed by atoms with E-state index < -0.39 is 9.84 Å². The maximum atomic E-state index is 13.7. The number of piperazine rings is 1. The first-order chi connectivity index (χ1) is 16.6. The molecule has 0 aliphatic carbocycles. The molecule has 1 aliphatic heterocycles. The van der Waals surface area contributed by atoms with Gasteiger partial charge < -0.3 is 9.64 Å². The van der Waals surface area contributed by atoms with Crippen molar-refractivity contribution in [3.8, 4) is 5.75 Å². The fourth-order valence-corrected chi connectivity index (χ4v) is 5.94. The predicted octanol–water partition coefficient (Wildman–Crippen LogP) is 4.40. The highest BCUT2D eigenvalue weighted by Crippen LogP contribution is 2.37. The van der Waals surface area contributed by atoms with Gasteiger partial charge in [0.1, 0.15) is 10.6 Å². The lowest BCUT2D eigenvalue weighted by Gasteiger charge is -2.37. The van der Waals surface area contributed by atoms with Gasteiger partial charge in [-0.3, -0.25) is 9.88 Å². The molecule has 174 valence electrons. The summed E-state index contributed by atoms with van der Waals surface area (Å²) >= 11 is 0. The van der Waals surface area contributed by atoms with Crippen LogP contribution >= 0.6 is 0 Å². The molecule has 2 heterocycles. The predicted molar refractivity (Wildman–Crippen MR) is 134 cm³/mol. The van der Waals surface area contributed by atoms with E-state index in [1.165, 1.54) is 11.8 Å². The molecule has 6 nitrogen and oxygen atoms in total. The van der Waals surface area contributed by atoms with Crippen LogP contribution in [-0.2, 0) is 16.4 Å². The lowest BCUT2D eigenvalue weighted by molar-refractivity contribution is 0.249. The zero-order valence-corrected chi connectivity index (χ0v) is 19.9. The third-order valence-corrected chi connectivity index (χ3v) is 8.06. The molecule has 0 spiro atoms. The third-order valence-electron chi connectivity index (χ3n) is 6.29. The number of methoxy groups -OCH3 is 1. The molecule has 7 heteroatoms. The number of hydrogen-bond donors (Lipinski definition) is 0. The number of aromatic nitrogens is 1. The smallest absolute Gasteiger partial charge is 0.210 e. The van der Waals surface area contributed by atoms with Crippen molar-refractivity contribution in [2.24, 2.45) is 0 Å². The molecule has 4 aromatic rings. The maximum absolute atomic E-state index is 13.7. The van der Waals surface area contributed by atoms with Crippen LogP contribution < -0.4 is 9.64 Å². The van der Waals surface area contributed by atoms with Gasteiger partial charge in [-0.2, -0.15) is 0 Å². The number of benzene rings is 3. The molecule has 34 heavy (non-hydrogen) atoms. The standard InChI is InChI=1S/C27H27N3O3S/c1-33-22-12-13-25-24(18-22)27(26(19-28-25)34(31,32)23-10-6-3-7-11-23)30-16-14-29(15-17-30)20-21-8-4-2-5-9-21/h2-13,18-19H,14-17,20H2,1H3. The minimum atomic E-state index is -3.75. The van der Waals surface area contributed by atoms with Gasteiger partial charge in [-0.1, -0.05) is 48.5 Å². The van der Waals surface area contributed by atoms with Crippen LogP contribution in [0, 0.1) is 0 Å². The van der Waals surface area contributed by atoms with E-state index in [-0.39, 0.29) is 9.79 Å². The van der Waals surface area contributed by atoms with Crippen LogP contribution in [0.2, 0.25) is 0 Å². The number of pyridine rings is 1. The van der Waals surface area contributed by atoms with Crippen LogP contribution in [0.15, 0.2) is 94.9 Å². The topological polar surface area (TPSA) is 62.7 Å². The minimum Gasteiger partial charge on any atom is -0.497 e. The number of hydrogen-bond acceptors (Lipinski definition) is 6. The van der Waals surface area contributed by atoms with Gasteiger partial charge in [0.15, 0.2) is 0 Å². The van der Waals surface area contributed by atoms with E-state index in [2.05, 4.69) is 39.0 Å². The first kappa shape index (κ1) is 22.4. The Morgan fingerprint density at radius 3 is 2.24 bits per heavy atom. The highest BCUT2D eigenvalue weighted by atomic mass is 32.2. The highest BCUT2D eigenvalue weighted by Gasteiger charge is 2.29. The molecule has 1 saturated heterocycles. The number of anilines is 1. The van der Waals surface area contributed by atoms with Gasteiger partial charge >= 0.3 is 0 Å². The molecule has 5 rings (SSSR count). The maximum Gasteiger partial charge on any atom is 0.210 e. The summed E-state index contributed by atoms with van der Waals surface area (Å²) in [7, 11) is -2.14. The quantitative estimate of drug-likeness (QED) is 0.414. The Hall–Kier alpha value is -3.42. The molecule has 0 amide bonds. The van der Waals surface area contributed by atoms with Crippen molar-refractivity contribution in [3.63, 3.8) is 0 Å². The number of fused-ring (bicyclic) bond motifs is 1. The van der Waals surface area contributed by atoms with Crippen molar-refractivity contribution in [3.05, 3.63) is 90.6 Å². The molecule has 0 atom stereocenters. The minimum absolute atomic E-state index is 0.232. The molecule has 0 N–H and O–H groups in total. The van der Waals surface area contributed by atoms with Crippen molar-refractivity contribution >= 4 is 26.4 Å². The van der Waals surface area contributed by atoms with E-state index in [4.69, 9.17) is 4.74 Å². The normalized spacial score (nSPS) is 14.9. The van der Waals surface area contributed by atoms with Gasteiger partial charge in [0.2, 0.25) is 9.84 Å². The zero-order chi connectivity index (χ0) is 23.5. The molecular weight excluding hydrogens is 446 g/mol. The Morgan fingerprint density at radius 2 is 1.56 bits per heavy atom. The fraction of sp³-hybridized carbons (Fsp3) is 0.222. The van der Waals surface area contributed by atoms with Crippen LogP contribution in [0.4, 0.5) is 5.69 Å². The Kier molecular flexibility index (Phi) is 6.22. The van der Waals surface area contributed by atoms with Gasteiger partial charge in [-0.25, -0.2) is 8.42 Å². The molecule has 0 unspecified atom stereocenters. The first-order valence-corrected chi connectivity index (χ1v) is 12.8. The lowest BCUT2D eigenvalue weighted by atomic mass is 10.1. The van der Waals surface area contributed by atoms with Crippen LogP contribution in [0.3, 0.4) is 0 Å². The summed E-state index contributed by atoms with van der Waals surface area (Å²) in [5.74, 6) is 0.674. The van der Waals surface area contributed by atoms with E-state index >= 15 is 0 Å². The van der Waals surface area contributed by atoms with Crippen molar-refractivity contribution in [2.45, 2.75) is 16.3 Å². The Bertz CT molecular complexity index is 1390. The van der Waals surface area contributed by atoms with Gasteiger partial charge in [-0.15, -0.1) is 0 Å². The number of sulfone groups is 1. The average molecular weight is 474 g/mol. The molecular formula is C27H27N3O3S. The monoisotopic (exact) mass is 473 g/mol. The van der Waals surface area contributed by atoms with Crippen molar-refractivity contribution in [1.82, 2.24) is 9.88 Å². The van der Waals surface area contributed by atoms with Gasteiger partial charge in [0.05, 0.1) is 23.2 Å². The van der Waals surface area contributed by atoms with E-state index in [1.54, 1.807) is 31.4 Å². The first-order valence-electron chi connectivity index (χ1n) is 11.3. The largest absolute Gasteiger partial charge is 0.497 e. The lowest BCUT2D eigenvalue weighted by Crippen LogP contribution is -2.46. The fourth-order valence-electron chi connectivity index (χ4n) is 4.49. The van der Waals surface area contributed by atoms with Crippen LogP contribution in [0.5, 0.6) is 5.75 Å². The van der Waals surface area contributed by atoms with Crippen molar-refractivity contribution in [1.29, 1.82) is 0 Å². The summed E-state index contributed by atoms with van der Waals surface area (Å²) in [5.41, 5.74) is 2.73. The Morgan fingerprint density at radius 1 is 0.882 bits per heavy atom. The second-order valence-electron chi connectivity index (χ2n) is 8.42. The zero-order valence-electron chi connectivity index (χ0n) is 19.1. The van der Waals surface area contributed by atoms with E-state index in [0.717, 1.165) is 43.6 Å². The van der Waals surface area contributed by atoms with Crippen LogP contribution in [0.25, 0.3) is 10.9 Å². The number of nitrogens with zero attached hydrogens (tertiary/aromatic N) is 3. The van der Waals surface area contributed by atoms with Gasteiger partial charge in [0, 0.05) is 44.3 Å². The van der Waals surface area contributed by atoms with E-state index in [9.17, 15) is 8.42 Å². The van der Waals surface area contributed by atoms with Crippen LogP contribution in [0.1, 0.15) is 5.56 Å². The van der Waals surface area contributed by atoms with Crippen molar-refractivity contribution in [2.75, 3.05) is 38.2 Å². The molecule has 3 aromatic carbocycles. The van der Waals surface area contributed by atoms with E-state index in [1.807, 2.05) is 30.3 Å². The van der Waals surface area contributed by atoms with Crippen LogP contribution in [-0.4, -0.2) is 51.6 Å². The number of ether oxygens (including phenoxy) is 1. The Balaban J connectivity index is 1.54. The number of rotatable bonds is 6. The molecule has 0 radical (unpaired) electrons. The second kappa shape index (κ2) is 9.44. The molecule has 1 fully saturated rings. The van der Waals surface area contributed by atoms with E-state index in [0.29, 0.717) is 11.4 Å². The van der Waals surface area contributed by atoms with Gasteiger partial charge in [0.25, 0.3) is 0 Å². The summed E-state index contributed by atoms with van der Waals surface area (Å²) in [6.07, 6.45) is 1.50. The molecule has 1 aromatic heterocycles. The Labute approximate surface area is 200 Å². The summed E-state index contributed by atoms with van der Waals surface area (Å²) in [5, 5.41) is 0.785.